The summed E-state index contributed by atoms with van der Waals surface area (Å²) in [5.74, 6) is -1.04. The lowest BCUT2D eigenvalue weighted by molar-refractivity contribution is -0.140. The molecule has 0 bridgehead atoms. The number of morpholine rings is 1. The molecule has 2 aliphatic rings. The smallest absolute Gasteiger partial charge is 0.419 e. The van der Waals surface area contributed by atoms with Crippen molar-refractivity contribution >= 4 is 17.4 Å². The number of amides is 1. The van der Waals surface area contributed by atoms with Crippen LogP contribution in [0.4, 0.5) is 13.2 Å². The Morgan fingerprint density at radius 3 is 2.38 bits per heavy atom. The summed E-state index contributed by atoms with van der Waals surface area (Å²) >= 11 is 0. The summed E-state index contributed by atoms with van der Waals surface area (Å²) in [4.78, 5) is 30.0. The van der Waals surface area contributed by atoms with Crippen LogP contribution >= 0.6 is 0 Å². The van der Waals surface area contributed by atoms with Crippen LogP contribution in [0.25, 0.3) is 5.57 Å². The highest BCUT2D eigenvalue weighted by molar-refractivity contribution is 6.17. The van der Waals surface area contributed by atoms with Crippen molar-refractivity contribution in [1.29, 1.82) is 0 Å². The summed E-state index contributed by atoms with van der Waals surface area (Å²) in [6, 6.07) is 6.50. The maximum atomic E-state index is 13.9. The van der Waals surface area contributed by atoms with E-state index in [1.54, 1.807) is 52.0 Å². The standard InChI is InChI=1S/C28H33F3N2O6/c1-18(2)39-26(35)21-15-33(17-27(3,4)23-22(28(29,30)31)16-38-24(21)23)25(34)19-5-7-20(8-6-19)37-14-11-32-9-12-36-13-10-32/h5-8,15-16,18H,9-14,17H2,1-4H3. The highest BCUT2D eigenvalue weighted by Gasteiger charge is 2.46. The van der Waals surface area contributed by atoms with Gasteiger partial charge < -0.3 is 23.5 Å². The van der Waals surface area contributed by atoms with E-state index in [2.05, 4.69) is 4.90 Å². The van der Waals surface area contributed by atoms with E-state index in [9.17, 15) is 22.8 Å². The Bertz CT molecular complexity index is 1210. The molecule has 0 spiro atoms. The number of nitrogens with zero attached hydrogens (tertiary/aromatic N) is 2. The average molecular weight is 551 g/mol. The Kier molecular flexibility index (Phi) is 8.41. The number of ether oxygens (including phenoxy) is 3. The second-order valence-corrected chi connectivity index (χ2v) is 10.5. The van der Waals surface area contributed by atoms with E-state index in [4.69, 9.17) is 18.6 Å². The highest BCUT2D eigenvalue weighted by Crippen LogP contribution is 2.45. The number of hydrogen-bond donors (Lipinski definition) is 0. The lowest BCUT2D eigenvalue weighted by Gasteiger charge is -2.30. The van der Waals surface area contributed by atoms with Crippen LogP contribution in [0.15, 0.2) is 41.1 Å². The van der Waals surface area contributed by atoms with E-state index in [-0.39, 0.29) is 29.0 Å². The molecule has 0 atom stereocenters. The molecular weight excluding hydrogens is 517 g/mol. The molecular formula is C28H33F3N2O6. The van der Waals surface area contributed by atoms with Crippen LogP contribution in [-0.4, -0.2) is 73.8 Å². The Balaban J connectivity index is 1.57. The Labute approximate surface area is 225 Å². The van der Waals surface area contributed by atoms with Crippen LogP contribution in [0.1, 0.15) is 54.9 Å². The molecule has 4 rings (SSSR count). The van der Waals surface area contributed by atoms with Gasteiger partial charge in [0.1, 0.15) is 30.0 Å². The minimum absolute atomic E-state index is 0.127. The molecule has 3 heterocycles. The summed E-state index contributed by atoms with van der Waals surface area (Å²) in [5, 5.41) is 0. The van der Waals surface area contributed by atoms with E-state index >= 15 is 0 Å². The second kappa shape index (κ2) is 11.4. The molecule has 0 unspecified atom stereocenters. The Morgan fingerprint density at radius 1 is 1.10 bits per heavy atom. The number of halogens is 3. The van der Waals surface area contributed by atoms with Crippen molar-refractivity contribution in [3.63, 3.8) is 0 Å². The fourth-order valence-electron chi connectivity index (χ4n) is 4.73. The zero-order valence-electron chi connectivity index (χ0n) is 22.5. The maximum absolute atomic E-state index is 13.9. The Hall–Kier alpha value is -3.31. The van der Waals surface area contributed by atoms with E-state index in [1.165, 1.54) is 11.1 Å². The SMILES string of the molecule is CC(C)OC(=O)C1=CN(C(=O)c2ccc(OCCN3CCOCC3)cc2)CC(C)(C)c2c(C(F)(F)F)coc21. The van der Waals surface area contributed by atoms with Gasteiger partial charge in [0, 0.05) is 48.9 Å². The summed E-state index contributed by atoms with van der Waals surface area (Å²) in [6.45, 7) is 10.6. The first kappa shape index (κ1) is 28.7. The summed E-state index contributed by atoms with van der Waals surface area (Å²) in [6.07, 6.45) is -3.41. The quantitative estimate of drug-likeness (QED) is 0.461. The highest BCUT2D eigenvalue weighted by atomic mass is 19.4. The first-order valence-electron chi connectivity index (χ1n) is 12.8. The zero-order chi connectivity index (χ0) is 28.4. The fourth-order valence-corrected chi connectivity index (χ4v) is 4.73. The molecule has 0 radical (unpaired) electrons. The first-order valence-corrected chi connectivity index (χ1v) is 12.8. The number of benzene rings is 1. The average Bonchev–Trinajstić information content (AvgIpc) is 3.29. The third-order valence-corrected chi connectivity index (χ3v) is 6.57. The number of furan rings is 1. The first-order chi connectivity index (χ1) is 18.4. The summed E-state index contributed by atoms with van der Waals surface area (Å²) in [5.41, 5.74) is -2.35. The van der Waals surface area contributed by atoms with Crippen molar-refractivity contribution in [3.05, 3.63) is 59.2 Å². The normalized spacial score (nSPS) is 17.8. The molecule has 2 aromatic rings. The molecule has 1 amide bonds. The predicted octanol–water partition coefficient (Wildman–Crippen LogP) is 4.74. The molecule has 2 aliphatic heterocycles. The van der Waals surface area contributed by atoms with Gasteiger partial charge in [0.25, 0.3) is 5.91 Å². The third-order valence-electron chi connectivity index (χ3n) is 6.57. The molecule has 212 valence electrons. The molecule has 1 fully saturated rings. The van der Waals surface area contributed by atoms with E-state index in [0.717, 1.165) is 19.6 Å². The van der Waals surface area contributed by atoms with Crippen molar-refractivity contribution in [3.8, 4) is 5.75 Å². The zero-order valence-corrected chi connectivity index (χ0v) is 22.5. The number of fused-ring (bicyclic) bond motifs is 1. The number of carbonyl (C=O) groups is 2. The van der Waals surface area contributed by atoms with E-state index in [0.29, 0.717) is 31.8 Å². The number of alkyl halides is 3. The fraction of sp³-hybridized carbons (Fsp3) is 0.500. The molecule has 1 saturated heterocycles. The van der Waals surface area contributed by atoms with Gasteiger partial charge in [-0.1, -0.05) is 13.8 Å². The van der Waals surface area contributed by atoms with Gasteiger partial charge in [-0.15, -0.1) is 0 Å². The van der Waals surface area contributed by atoms with Gasteiger partial charge in [0.05, 0.1) is 24.9 Å². The minimum atomic E-state index is -4.71. The molecule has 8 nitrogen and oxygen atoms in total. The summed E-state index contributed by atoms with van der Waals surface area (Å²) in [7, 11) is 0. The van der Waals surface area contributed by atoms with Crippen molar-refractivity contribution in [2.45, 2.75) is 45.4 Å². The van der Waals surface area contributed by atoms with Crippen LogP contribution in [0, 0.1) is 0 Å². The minimum Gasteiger partial charge on any atom is -0.492 e. The number of hydrogen-bond acceptors (Lipinski definition) is 7. The van der Waals surface area contributed by atoms with Crippen molar-refractivity contribution in [1.82, 2.24) is 9.80 Å². The predicted molar refractivity (Wildman–Crippen MR) is 136 cm³/mol. The molecule has 11 heteroatoms. The molecule has 1 aromatic heterocycles. The van der Waals surface area contributed by atoms with E-state index < -0.39 is 35.1 Å². The van der Waals surface area contributed by atoms with Gasteiger partial charge in [-0.05, 0) is 38.1 Å². The molecule has 39 heavy (non-hydrogen) atoms. The summed E-state index contributed by atoms with van der Waals surface area (Å²) < 4.78 is 63.4. The number of rotatable bonds is 7. The van der Waals surface area contributed by atoms with Crippen molar-refractivity contribution < 1.29 is 41.4 Å². The van der Waals surface area contributed by atoms with Crippen LogP contribution in [0.3, 0.4) is 0 Å². The van der Waals surface area contributed by atoms with Gasteiger partial charge in [-0.3, -0.25) is 9.69 Å². The second-order valence-electron chi connectivity index (χ2n) is 10.5. The molecule has 1 aromatic carbocycles. The van der Waals surface area contributed by atoms with E-state index in [1.807, 2.05) is 0 Å². The van der Waals surface area contributed by atoms with Crippen LogP contribution < -0.4 is 4.74 Å². The maximum Gasteiger partial charge on any atom is 0.419 e. The topological polar surface area (TPSA) is 81.5 Å². The molecule has 0 N–H and O–H groups in total. The molecule has 0 saturated carbocycles. The molecule has 0 aliphatic carbocycles. The largest absolute Gasteiger partial charge is 0.492 e. The van der Waals surface area contributed by atoms with Crippen molar-refractivity contribution in [2.24, 2.45) is 0 Å². The van der Waals surface area contributed by atoms with Gasteiger partial charge in [-0.25, -0.2) is 4.79 Å². The number of carbonyl (C=O) groups excluding carboxylic acids is 2. The lowest BCUT2D eigenvalue weighted by atomic mass is 9.81. The van der Waals surface area contributed by atoms with Gasteiger partial charge in [0.15, 0.2) is 0 Å². The Morgan fingerprint density at radius 2 is 1.77 bits per heavy atom. The number of esters is 1. The van der Waals surface area contributed by atoms with Crippen molar-refractivity contribution in [2.75, 3.05) is 46.0 Å². The van der Waals surface area contributed by atoms with Crippen LogP contribution in [-0.2, 0) is 25.9 Å². The van der Waals surface area contributed by atoms with Crippen LogP contribution in [0.2, 0.25) is 0 Å². The van der Waals surface area contributed by atoms with Gasteiger partial charge in [-0.2, -0.15) is 13.2 Å². The van der Waals surface area contributed by atoms with Crippen LogP contribution in [0.5, 0.6) is 5.75 Å². The third kappa shape index (κ3) is 6.65. The monoisotopic (exact) mass is 550 g/mol. The lowest BCUT2D eigenvalue weighted by Crippen LogP contribution is -2.38. The van der Waals surface area contributed by atoms with Gasteiger partial charge in [0.2, 0.25) is 0 Å². The van der Waals surface area contributed by atoms with Gasteiger partial charge >= 0.3 is 12.1 Å².